The summed E-state index contributed by atoms with van der Waals surface area (Å²) in [7, 11) is 1.95. The Morgan fingerprint density at radius 1 is 1.26 bits per heavy atom. The standard InChI is InChI=1S/C22H31FN6O2/c1-15-13-29(14-20(31-15)17-6-8-18(23)9-7-17)22(24-11-19-5-4-10-30-19)25-12-21-27-26-16(2)28(21)3/h6-9,15,19-20H,4-5,10-14H2,1-3H3,(H,24,25). The monoisotopic (exact) mass is 430 g/mol. The Balaban J connectivity index is 1.52. The van der Waals surface area contributed by atoms with E-state index < -0.39 is 0 Å². The van der Waals surface area contributed by atoms with Crippen LogP contribution in [-0.4, -0.2) is 64.1 Å². The lowest BCUT2D eigenvalue weighted by molar-refractivity contribution is -0.0606. The molecule has 0 amide bonds. The molecular formula is C22H31FN6O2. The van der Waals surface area contributed by atoms with Gasteiger partial charge in [-0.05, 0) is 44.4 Å². The fourth-order valence-electron chi connectivity index (χ4n) is 4.00. The lowest BCUT2D eigenvalue weighted by Crippen LogP contribution is -2.51. The fourth-order valence-corrected chi connectivity index (χ4v) is 4.00. The van der Waals surface area contributed by atoms with Crippen molar-refractivity contribution in [1.29, 1.82) is 0 Å². The van der Waals surface area contributed by atoms with E-state index in [1.165, 1.54) is 12.1 Å². The molecule has 0 bridgehead atoms. The van der Waals surface area contributed by atoms with Gasteiger partial charge in [0.15, 0.2) is 11.8 Å². The number of rotatable bonds is 5. The highest BCUT2D eigenvalue weighted by Crippen LogP contribution is 2.25. The zero-order valence-electron chi connectivity index (χ0n) is 18.4. The quantitative estimate of drug-likeness (QED) is 0.580. The minimum Gasteiger partial charge on any atom is -0.376 e. The van der Waals surface area contributed by atoms with Gasteiger partial charge in [-0.2, -0.15) is 0 Å². The van der Waals surface area contributed by atoms with Crippen molar-refractivity contribution in [2.24, 2.45) is 12.0 Å². The smallest absolute Gasteiger partial charge is 0.194 e. The molecule has 4 rings (SSSR count). The largest absolute Gasteiger partial charge is 0.376 e. The molecule has 2 fully saturated rings. The van der Waals surface area contributed by atoms with E-state index in [4.69, 9.17) is 14.5 Å². The summed E-state index contributed by atoms with van der Waals surface area (Å²) in [6, 6.07) is 6.52. The molecule has 1 N–H and O–H groups in total. The minimum absolute atomic E-state index is 0.00982. The van der Waals surface area contributed by atoms with E-state index in [1.807, 2.05) is 25.5 Å². The molecule has 9 heteroatoms. The number of hydrogen-bond acceptors (Lipinski definition) is 5. The normalized spacial score (nSPS) is 24.6. The van der Waals surface area contributed by atoms with Crippen LogP contribution in [0.1, 0.15) is 43.1 Å². The predicted molar refractivity (Wildman–Crippen MR) is 115 cm³/mol. The first kappa shape index (κ1) is 21.7. The van der Waals surface area contributed by atoms with Gasteiger partial charge in [0.25, 0.3) is 0 Å². The highest BCUT2D eigenvalue weighted by Gasteiger charge is 2.29. The van der Waals surface area contributed by atoms with Gasteiger partial charge >= 0.3 is 0 Å². The van der Waals surface area contributed by atoms with Crippen molar-refractivity contribution in [3.05, 3.63) is 47.3 Å². The number of benzene rings is 1. The van der Waals surface area contributed by atoms with E-state index in [9.17, 15) is 4.39 Å². The van der Waals surface area contributed by atoms with Gasteiger partial charge in [-0.1, -0.05) is 12.1 Å². The maximum Gasteiger partial charge on any atom is 0.194 e. The highest BCUT2D eigenvalue weighted by molar-refractivity contribution is 5.80. The van der Waals surface area contributed by atoms with Crippen molar-refractivity contribution in [3.63, 3.8) is 0 Å². The van der Waals surface area contributed by atoms with E-state index in [1.54, 1.807) is 12.1 Å². The molecule has 31 heavy (non-hydrogen) atoms. The summed E-state index contributed by atoms with van der Waals surface area (Å²) in [5, 5.41) is 11.9. The topological polar surface area (TPSA) is 76.8 Å². The van der Waals surface area contributed by atoms with Crippen LogP contribution >= 0.6 is 0 Å². The zero-order valence-corrected chi connectivity index (χ0v) is 18.4. The molecule has 168 valence electrons. The third kappa shape index (κ3) is 5.40. The first-order valence-corrected chi connectivity index (χ1v) is 10.9. The maximum atomic E-state index is 13.4. The molecule has 3 heterocycles. The molecule has 3 atom stereocenters. The fraction of sp³-hybridized carbons (Fsp3) is 0.591. The summed E-state index contributed by atoms with van der Waals surface area (Å²) in [5.74, 6) is 2.23. The van der Waals surface area contributed by atoms with Crippen LogP contribution in [0, 0.1) is 12.7 Å². The number of guanidine groups is 1. The van der Waals surface area contributed by atoms with Crippen molar-refractivity contribution < 1.29 is 13.9 Å². The van der Waals surface area contributed by atoms with Gasteiger partial charge in [0.05, 0.1) is 18.8 Å². The van der Waals surface area contributed by atoms with E-state index in [0.29, 0.717) is 26.2 Å². The van der Waals surface area contributed by atoms with Crippen LogP contribution in [0.25, 0.3) is 0 Å². The molecule has 0 spiro atoms. The van der Waals surface area contributed by atoms with Crippen LogP contribution in [0.15, 0.2) is 29.3 Å². The van der Waals surface area contributed by atoms with E-state index in [0.717, 1.165) is 42.6 Å². The summed E-state index contributed by atoms with van der Waals surface area (Å²) in [6.07, 6.45) is 2.21. The van der Waals surface area contributed by atoms with Crippen molar-refractivity contribution >= 4 is 5.96 Å². The number of aryl methyl sites for hydroxylation is 1. The predicted octanol–water partition coefficient (Wildman–Crippen LogP) is 2.35. The number of hydrogen-bond donors (Lipinski definition) is 1. The molecule has 1 aromatic carbocycles. The number of halogens is 1. The summed E-state index contributed by atoms with van der Waals surface area (Å²) >= 11 is 0. The number of morpholine rings is 1. The molecule has 3 unspecified atom stereocenters. The van der Waals surface area contributed by atoms with Crippen LogP contribution < -0.4 is 5.32 Å². The second-order valence-corrected chi connectivity index (χ2v) is 8.27. The highest BCUT2D eigenvalue weighted by atomic mass is 19.1. The average molecular weight is 431 g/mol. The van der Waals surface area contributed by atoms with Gasteiger partial charge in [0, 0.05) is 26.7 Å². The van der Waals surface area contributed by atoms with Gasteiger partial charge in [0.2, 0.25) is 0 Å². The maximum absolute atomic E-state index is 13.4. The van der Waals surface area contributed by atoms with Crippen molar-refractivity contribution in [3.8, 4) is 0 Å². The summed E-state index contributed by atoms with van der Waals surface area (Å²) in [6.45, 7) is 7.28. The van der Waals surface area contributed by atoms with Gasteiger partial charge in [-0.15, -0.1) is 10.2 Å². The summed E-state index contributed by atoms with van der Waals surface area (Å²) < 4.78 is 27.3. The second-order valence-electron chi connectivity index (χ2n) is 8.27. The second kappa shape index (κ2) is 9.74. The Kier molecular flexibility index (Phi) is 6.82. The number of aromatic nitrogens is 3. The van der Waals surface area contributed by atoms with Crippen LogP contribution in [0.3, 0.4) is 0 Å². The first-order chi connectivity index (χ1) is 15.0. The van der Waals surface area contributed by atoms with E-state index in [2.05, 4.69) is 20.4 Å². The van der Waals surface area contributed by atoms with Gasteiger partial charge in [0.1, 0.15) is 24.3 Å². The molecule has 2 aliphatic heterocycles. The van der Waals surface area contributed by atoms with Gasteiger partial charge in [-0.25, -0.2) is 9.38 Å². The Morgan fingerprint density at radius 2 is 2.06 bits per heavy atom. The Morgan fingerprint density at radius 3 is 2.74 bits per heavy atom. The summed E-state index contributed by atoms with van der Waals surface area (Å²) in [5.41, 5.74) is 0.959. The van der Waals surface area contributed by atoms with Crippen LogP contribution in [0.4, 0.5) is 4.39 Å². The summed E-state index contributed by atoms with van der Waals surface area (Å²) in [4.78, 5) is 7.08. The number of ether oxygens (including phenoxy) is 2. The Hall–Kier alpha value is -2.52. The third-order valence-corrected chi connectivity index (χ3v) is 5.87. The van der Waals surface area contributed by atoms with Crippen molar-refractivity contribution in [1.82, 2.24) is 25.0 Å². The van der Waals surface area contributed by atoms with E-state index >= 15 is 0 Å². The number of aliphatic imine (C=N–C) groups is 1. The zero-order chi connectivity index (χ0) is 21.8. The SMILES string of the molecule is Cc1nnc(CN=C(NCC2CCCO2)N2CC(C)OC(c3ccc(F)cc3)C2)n1C. The molecule has 0 radical (unpaired) electrons. The molecule has 8 nitrogen and oxygen atoms in total. The van der Waals surface area contributed by atoms with Gasteiger partial charge < -0.3 is 24.3 Å². The Labute approximate surface area is 182 Å². The van der Waals surface area contributed by atoms with Crippen LogP contribution in [0.2, 0.25) is 0 Å². The van der Waals surface area contributed by atoms with Crippen LogP contribution in [0.5, 0.6) is 0 Å². The van der Waals surface area contributed by atoms with Crippen molar-refractivity contribution in [2.45, 2.75) is 51.5 Å². The molecule has 0 aliphatic carbocycles. The lowest BCUT2D eigenvalue weighted by Gasteiger charge is -2.39. The Bertz CT molecular complexity index is 894. The minimum atomic E-state index is -0.246. The first-order valence-electron chi connectivity index (χ1n) is 10.9. The molecule has 1 aromatic heterocycles. The molecular weight excluding hydrogens is 399 g/mol. The number of nitrogens with one attached hydrogen (secondary N) is 1. The van der Waals surface area contributed by atoms with Crippen LogP contribution in [-0.2, 0) is 23.1 Å². The molecule has 2 saturated heterocycles. The lowest BCUT2D eigenvalue weighted by atomic mass is 10.1. The van der Waals surface area contributed by atoms with E-state index in [-0.39, 0.29) is 24.1 Å². The van der Waals surface area contributed by atoms with Crippen molar-refractivity contribution in [2.75, 3.05) is 26.2 Å². The molecule has 2 aromatic rings. The average Bonchev–Trinajstić information content (AvgIpc) is 3.39. The van der Waals surface area contributed by atoms with Gasteiger partial charge in [-0.3, -0.25) is 0 Å². The third-order valence-electron chi connectivity index (χ3n) is 5.87. The molecule has 2 aliphatic rings. The molecule has 0 saturated carbocycles. The number of nitrogens with zero attached hydrogens (tertiary/aromatic N) is 5.